The highest BCUT2D eigenvalue weighted by atomic mass is 32.1. The summed E-state index contributed by atoms with van der Waals surface area (Å²) in [6.07, 6.45) is 0. The third-order valence-electron chi connectivity index (χ3n) is 4.81. The Labute approximate surface area is 173 Å². The van der Waals surface area contributed by atoms with Crippen molar-refractivity contribution in [1.82, 2.24) is 0 Å². The van der Waals surface area contributed by atoms with Gasteiger partial charge in [0.25, 0.3) is 0 Å². The molecule has 0 bridgehead atoms. The Balaban J connectivity index is 5.82. The van der Waals surface area contributed by atoms with Crippen molar-refractivity contribution in [2.75, 3.05) is 0 Å². The average molecular weight is 519 g/mol. The van der Waals surface area contributed by atoms with E-state index in [0.717, 1.165) is 0 Å². The lowest BCUT2D eigenvalue weighted by atomic mass is 11.8. The molecule has 0 aliphatic rings. The van der Waals surface area contributed by atoms with Crippen LogP contribution in [0.1, 0.15) is 0 Å². The molecule has 0 heterocycles. The normalized spacial score (nSPS) is 17.6. The Bertz CT molecular complexity index is 363. The summed E-state index contributed by atoms with van der Waals surface area (Å²) in [7, 11) is -4.22. The highest BCUT2D eigenvalue weighted by Gasteiger charge is 2.44. The summed E-state index contributed by atoms with van der Waals surface area (Å²) in [5, 5.41) is 0. The second-order valence-corrected chi connectivity index (χ2v) is 98.0. The van der Waals surface area contributed by atoms with Crippen molar-refractivity contribution in [2.45, 2.75) is 98.2 Å². The zero-order valence-corrected chi connectivity index (χ0v) is 30.8. The smallest absolute Gasteiger partial charge is 0.0638 e. The largest absolute Gasteiger partial charge is 0.144 e. The minimum Gasteiger partial charge on any atom is -0.144 e. The summed E-state index contributed by atoms with van der Waals surface area (Å²) in [6, 6.07) is 0. The van der Waals surface area contributed by atoms with Crippen LogP contribution < -0.4 is 0 Å². The van der Waals surface area contributed by atoms with Crippen molar-refractivity contribution in [2.24, 2.45) is 0 Å². The first-order valence-electron chi connectivity index (χ1n) is 9.88. The highest BCUT2D eigenvalue weighted by molar-refractivity contribution is 8.60. The number of rotatable bonds is 9. The maximum absolute atomic E-state index is 2.78. The molecule has 0 amide bonds. The maximum Gasteiger partial charge on any atom is 0.0638 e. The molecule has 0 aliphatic carbocycles. The fourth-order valence-corrected chi connectivity index (χ4v) is 251. The molecule has 152 valence electrons. The van der Waals surface area contributed by atoms with Gasteiger partial charge in [0, 0.05) is 0 Å². The van der Waals surface area contributed by atoms with Crippen molar-refractivity contribution in [1.29, 1.82) is 0 Å². The fraction of sp³-hybridized carbons (Fsp3) is 1.00. The van der Waals surface area contributed by atoms with Gasteiger partial charge in [-0.15, -0.1) is 19.7 Å². The van der Waals surface area contributed by atoms with Gasteiger partial charge in [-0.1, -0.05) is 98.2 Å². The SMILES string of the molecule is C[Si](C)(C)P([SiH2]P([Si](C)(C)C)[Si](C)(C)C)[SiH2]P([Si](C)(C)C)[Si](C)(C)C. The molecular weight excluding hydrogens is 470 g/mol. The van der Waals surface area contributed by atoms with Crippen molar-refractivity contribution in [3.63, 3.8) is 0 Å². The molecule has 0 N–H and O–H groups in total. The Kier molecular flexibility index (Phi) is 10.3. The molecular formula is C15H49P3Si7. The topological polar surface area (TPSA) is 0 Å². The van der Waals surface area contributed by atoms with Crippen LogP contribution in [-0.2, 0) is 0 Å². The fourth-order valence-electron chi connectivity index (χ4n) is 3.67. The van der Waals surface area contributed by atoms with Gasteiger partial charge < -0.3 is 0 Å². The van der Waals surface area contributed by atoms with Crippen LogP contribution in [0.25, 0.3) is 0 Å². The van der Waals surface area contributed by atoms with E-state index < -0.39 is 38.7 Å². The third kappa shape index (κ3) is 9.91. The molecule has 0 atom stereocenters. The molecule has 0 radical (unpaired) electrons. The van der Waals surface area contributed by atoms with Crippen LogP contribution >= 0.6 is 19.7 Å². The van der Waals surface area contributed by atoms with Crippen LogP contribution in [0.2, 0.25) is 98.2 Å². The van der Waals surface area contributed by atoms with E-state index in [0.29, 0.717) is 19.7 Å². The molecule has 0 aromatic carbocycles. The van der Waals surface area contributed by atoms with Crippen molar-refractivity contribution in [3.05, 3.63) is 0 Å². The van der Waals surface area contributed by atoms with Crippen LogP contribution in [0.3, 0.4) is 0 Å². The first kappa shape index (κ1) is 27.8. The Morgan fingerprint density at radius 2 is 0.560 bits per heavy atom. The van der Waals surface area contributed by atoms with Gasteiger partial charge in [-0.05, 0) is 0 Å². The Hall–Kier alpha value is 2.81. The summed E-state index contributed by atoms with van der Waals surface area (Å²) < 4.78 is 0. The average Bonchev–Trinajstić information content (AvgIpc) is 2.18. The highest BCUT2D eigenvalue weighted by Crippen LogP contribution is 2.67. The van der Waals surface area contributed by atoms with Gasteiger partial charge in [-0.3, -0.25) is 0 Å². The molecule has 0 saturated carbocycles. The van der Waals surface area contributed by atoms with Crippen LogP contribution in [0, 0.1) is 0 Å². The predicted octanol–water partition coefficient (Wildman–Crippen LogP) is 7.60. The van der Waals surface area contributed by atoms with Crippen molar-refractivity contribution < 1.29 is 0 Å². The molecule has 0 spiro atoms. The lowest BCUT2D eigenvalue weighted by Crippen LogP contribution is -2.39. The Morgan fingerprint density at radius 3 is 0.680 bits per heavy atom. The van der Waals surface area contributed by atoms with Crippen LogP contribution in [-0.4, -0.2) is 56.4 Å². The molecule has 0 fully saturated rings. The third-order valence-corrected chi connectivity index (χ3v) is 164. The summed E-state index contributed by atoms with van der Waals surface area (Å²) >= 11 is 0. The molecule has 10 heteroatoms. The first-order chi connectivity index (χ1) is 10.6. The molecule has 0 aromatic rings. The van der Waals surface area contributed by atoms with E-state index in [4.69, 9.17) is 0 Å². The van der Waals surface area contributed by atoms with Crippen molar-refractivity contribution in [3.8, 4) is 0 Å². The molecule has 0 nitrogen and oxygen atoms in total. The van der Waals surface area contributed by atoms with E-state index in [1.807, 2.05) is 0 Å². The van der Waals surface area contributed by atoms with Crippen LogP contribution in [0.5, 0.6) is 0 Å². The summed E-state index contributed by atoms with van der Waals surface area (Å²) in [4.78, 5) is 0. The second-order valence-electron chi connectivity index (χ2n) is 12.5. The second kappa shape index (κ2) is 9.30. The molecule has 0 unspecified atom stereocenters. The van der Waals surface area contributed by atoms with Gasteiger partial charge >= 0.3 is 0 Å². The van der Waals surface area contributed by atoms with E-state index in [1.54, 1.807) is 0 Å². The van der Waals surface area contributed by atoms with Gasteiger partial charge in [0.2, 0.25) is 0 Å². The van der Waals surface area contributed by atoms with E-state index >= 15 is 0 Å². The van der Waals surface area contributed by atoms with Gasteiger partial charge in [0.15, 0.2) is 0 Å². The minimum absolute atomic E-state index is 0.205. The van der Waals surface area contributed by atoms with Crippen LogP contribution in [0.15, 0.2) is 0 Å². The molecule has 0 saturated heterocycles. The van der Waals surface area contributed by atoms with E-state index in [2.05, 4.69) is 98.2 Å². The van der Waals surface area contributed by atoms with Gasteiger partial charge in [0.1, 0.15) is 0 Å². The van der Waals surface area contributed by atoms with E-state index in [9.17, 15) is 0 Å². The zero-order chi connectivity index (χ0) is 20.6. The quantitative estimate of drug-likeness (QED) is 0.218. The van der Waals surface area contributed by atoms with E-state index in [1.165, 1.54) is 0 Å². The predicted molar refractivity (Wildman–Crippen MR) is 155 cm³/mol. The van der Waals surface area contributed by atoms with Crippen LogP contribution in [0.4, 0.5) is 0 Å². The van der Waals surface area contributed by atoms with E-state index in [-0.39, 0.29) is 17.7 Å². The maximum atomic E-state index is 2.78. The lowest BCUT2D eigenvalue weighted by Gasteiger charge is -2.48. The lowest BCUT2D eigenvalue weighted by molar-refractivity contribution is 1.84. The zero-order valence-electron chi connectivity index (χ0n) is 20.3. The standard InChI is InChI=1S/C15H49P3Si7/c1-21(2,3)16(19-17(22(4,5)6)23(7,8)9)20-18(24(10,11)12)25(13,14)15/h19-20H2,1-15H3. The number of hydrogen-bond donors (Lipinski definition) is 0. The van der Waals surface area contributed by atoms with Crippen molar-refractivity contribution >= 4 is 76.1 Å². The molecule has 0 aromatic heterocycles. The molecule has 0 aliphatic heterocycles. The van der Waals surface area contributed by atoms with Gasteiger partial charge in [-0.2, -0.15) is 0 Å². The summed E-state index contributed by atoms with van der Waals surface area (Å²) in [5.74, 6) is 0. The minimum atomic E-state index is -0.928. The van der Waals surface area contributed by atoms with Gasteiger partial charge in [-0.25, -0.2) is 0 Å². The summed E-state index contributed by atoms with van der Waals surface area (Å²) in [5.41, 5.74) is 0. The summed E-state index contributed by atoms with van der Waals surface area (Å²) in [6.45, 7) is 42.8. The Morgan fingerprint density at radius 1 is 0.360 bits per heavy atom. The monoisotopic (exact) mass is 518 g/mol. The number of hydrogen-bond acceptors (Lipinski definition) is 0. The first-order valence-corrected chi connectivity index (χ1v) is 43.9. The molecule has 25 heavy (non-hydrogen) atoms. The molecule has 0 rings (SSSR count). The van der Waals surface area contributed by atoms with Gasteiger partial charge in [0.05, 0.1) is 56.4 Å².